The van der Waals surface area contributed by atoms with Crippen molar-refractivity contribution in [1.29, 1.82) is 0 Å². The van der Waals surface area contributed by atoms with Crippen molar-refractivity contribution in [3.05, 3.63) is 59.7 Å². The van der Waals surface area contributed by atoms with Crippen LogP contribution < -0.4 is 5.48 Å². The number of amides is 1. The molecule has 1 unspecified atom stereocenters. The van der Waals surface area contributed by atoms with Crippen LogP contribution in [0.25, 0.3) is 0 Å². The summed E-state index contributed by atoms with van der Waals surface area (Å²) < 4.78 is 0. The van der Waals surface area contributed by atoms with Gasteiger partial charge in [-0.3, -0.25) is 4.79 Å². The van der Waals surface area contributed by atoms with Crippen LogP contribution in [-0.2, 0) is 20.8 Å². The average molecular weight is 313 g/mol. The average Bonchev–Trinajstić information content (AvgIpc) is 2.50. The normalized spacial score (nSPS) is 14.7. The van der Waals surface area contributed by atoms with Crippen LogP contribution in [0.4, 0.5) is 0 Å². The molecule has 23 heavy (non-hydrogen) atoms. The van der Waals surface area contributed by atoms with E-state index in [4.69, 9.17) is 0 Å². The molecule has 0 bridgehead atoms. The highest BCUT2D eigenvalue weighted by Gasteiger charge is 2.20. The Balaban J connectivity index is 1.82. The second-order valence-corrected chi connectivity index (χ2v) is 5.69. The standard InChI is InChI=1S/C19H23NO3/c1-2-7-19(22)23-20-18(21)13-12-17(16-10-6-11-16)14-15-8-4-3-5-9-15/h2-5,7-10,17H,6,11-14H2,1H3,(H,20,21). The minimum atomic E-state index is -0.566. The zero-order valence-corrected chi connectivity index (χ0v) is 13.5. The number of benzene rings is 1. The van der Waals surface area contributed by atoms with E-state index in [2.05, 4.69) is 28.5 Å². The second kappa shape index (κ2) is 8.93. The topological polar surface area (TPSA) is 55.4 Å². The first kappa shape index (κ1) is 17.0. The number of allylic oxidation sites excluding steroid dienone is 3. The van der Waals surface area contributed by atoms with E-state index in [0.29, 0.717) is 12.3 Å². The Hall–Kier alpha value is -2.36. The minimum Gasteiger partial charge on any atom is -0.336 e. The van der Waals surface area contributed by atoms with Crippen molar-refractivity contribution < 1.29 is 14.4 Å². The number of hydrogen-bond acceptors (Lipinski definition) is 3. The van der Waals surface area contributed by atoms with Crippen LogP contribution in [0.2, 0.25) is 0 Å². The van der Waals surface area contributed by atoms with Crippen LogP contribution >= 0.6 is 0 Å². The molecule has 1 aliphatic carbocycles. The fourth-order valence-electron chi connectivity index (χ4n) is 2.63. The molecule has 0 heterocycles. The largest absolute Gasteiger partial charge is 0.355 e. The van der Waals surface area contributed by atoms with E-state index in [-0.39, 0.29) is 5.91 Å². The van der Waals surface area contributed by atoms with Gasteiger partial charge in [0.05, 0.1) is 0 Å². The summed E-state index contributed by atoms with van der Waals surface area (Å²) in [6.45, 7) is 1.71. The summed E-state index contributed by atoms with van der Waals surface area (Å²) in [5.41, 5.74) is 4.92. The van der Waals surface area contributed by atoms with Gasteiger partial charge in [0, 0.05) is 12.5 Å². The molecular formula is C19H23NO3. The van der Waals surface area contributed by atoms with Crippen molar-refractivity contribution in [3.8, 4) is 0 Å². The lowest BCUT2D eigenvalue weighted by atomic mass is 9.80. The Morgan fingerprint density at radius 3 is 2.65 bits per heavy atom. The maximum Gasteiger partial charge on any atom is 0.355 e. The number of hydrogen-bond donors (Lipinski definition) is 1. The lowest BCUT2D eigenvalue weighted by molar-refractivity contribution is -0.153. The summed E-state index contributed by atoms with van der Waals surface area (Å²) in [7, 11) is 0. The predicted octanol–water partition coefficient (Wildman–Crippen LogP) is 3.50. The fourth-order valence-corrected chi connectivity index (χ4v) is 2.63. The second-order valence-electron chi connectivity index (χ2n) is 5.69. The molecule has 0 saturated carbocycles. The SMILES string of the molecule is CC=CC(=O)ONC(=O)CCC(Cc1ccccc1)C1=CCC1. The van der Waals surface area contributed by atoms with Crippen LogP contribution in [0, 0.1) is 5.92 Å². The highest BCUT2D eigenvalue weighted by molar-refractivity contribution is 5.84. The van der Waals surface area contributed by atoms with Gasteiger partial charge in [0.25, 0.3) is 5.91 Å². The molecule has 2 rings (SSSR count). The fraction of sp³-hybridized carbons (Fsp3) is 0.368. The first-order valence-corrected chi connectivity index (χ1v) is 8.04. The highest BCUT2D eigenvalue weighted by atomic mass is 16.7. The summed E-state index contributed by atoms with van der Waals surface area (Å²) >= 11 is 0. The summed E-state index contributed by atoms with van der Waals surface area (Å²) in [4.78, 5) is 27.6. The van der Waals surface area contributed by atoms with Crippen molar-refractivity contribution in [1.82, 2.24) is 5.48 Å². The molecule has 0 aliphatic heterocycles. The molecule has 1 atom stereocenters. The molecule has 0 radical (unpaired) electrons. The lowest BCUT2D eigenvalue weighted by Crippen LogP contribution is -2.27. The van der Waals surface area contributed by atoms with E-state index in [9.17, 15) is 9.59 Å². The van der Waals surface area contributed by atoms with Gasteiger partial charge in [-0.2, -0.15) is 5.48 Å². The molecule has 4 nitrogen and oxygen atoms in total. The Morgan fingerprint density at radius 2 is 2.04 bits per heavy atom. The van der Waals surface area contributed by atoms with E-state index in [0.717, 1.165) is 25.7 Å². The van der Waals surface area contributed by atoms with Gasteiger partial charge in [-0.25, -0.2) is 4.79 Å². The molecule has 0 aromatic heterocycles. The Morgan fingerprint density at radius 1 is 1.30 bits per heavy atom. The lowest BCUT2D eigenvalue weighted by Gasteiger charge is -2.25. The van der Waals surface area contributed by atoms with E-state index in [1.807, 2.05) is 18.2 Å². The Labute approximate surface area is 137 Å². The Kier molecular flexibility index (Phi) is 6.60. The number of nitrogens with one attached hydrogen (secondary N) is 1. The molecule has 1 aromatic rings. The maximum absolute atomic E-state index is 11.8. The third kappa shape index (κ3) is 5.74. The van der Waals surface area contributed by atoms with Gasteiger partial charge < -0.3 is 4.84 Å². The summed E-state index contributed by atoms with van der Waals surface area (Å²) in [6.07, 6.45) is 9.38. The van der Waals surface area contributed by atoms with Gasteiger partial charge in [0.2, 0.25) is 0 Å². The number of hydroxylamine groups is 1. The number of carbonyl (C=O) groups excluding carboxylic acids is 2. The van der Waals surface area contributed by atoms with Crippen molar-refractivity contribution in [2.24, 2.45) is 5.92 Å². The quantitative estimate of drug-likeness (QED) is 0.476. The highest BCUT2D eigenvalue weighted by Crippen LogP contribution is 2.31. The van der Waals surface area contributed by atoms with E-state index in [1.54, 1.807) is 13.0 Å². The van der Waals surface area contributed by atoms with Crippen molar-refractivity contribution >= 4 is 11.9 Å². The minimum absolute atomic E-state index is 0.263. The van der Waals surface area contributed by atoms with Gasteiger partial charge >= 0.3 is 5.97 Å². The van der Waals surface area contributed by atoms with Gasteiger partial charge in [-0.05, 0) is 44.1 Å². The first-order valence-electron chi connectivity index (χ1n) is 8.04. The molecule has 1 amide bonds. The van der Waals surface area contributed by atoms with E-state index >= 15 is 0 Å². The van der Waals surface area contributed by atoms with Gasteiger partial charge in [-0.1, -0.05) is 48.1 Å². The monoisotopic (exact) mass is 313 g/mol. The third-order valence-electron chi connectivity index (χ3n) is 3.98. The summed E-state index contributed by atoms with van der Waals surface area (Å²) in [5.74, 6) is -0.452. The van der Waals surface area contributed by atoms with Crippen LogP contribution in [0.5, 0.6) is 0 Å². The predicted molar refractivity (Wildman–Crippen MR) is 89.2 cm³/mol. The Bertz CT molecular complexity index is 590. The van der Waals surface area contributed by atoms with Gasteiger partial charge in [0.15, 0.2) is 0 Å². The number of rotatable bonds is 7. The van der Waals surface area contributed by atoms with Crippen LogP contribution in [0.15, 0.2) is 54.1 Å². The molecule has 4 heteroatoms. The van der Waals surface area contributed by atoms with Crippen LogP contribution in [0.1, 0.15) is 38.2 Å². The zero-order valence-electron chi connectivity index (χ0n) is 13.5. The van der Waals surface area contributed by atoms with E-state index < -0.39 is 5.97 Å². The third-order valence-corrected chi connectivity index (χ3v) is 3.98. The van der Waals surface area contributed by atoms with Crippen molar-refractivity contribution in [3.63, 3.8) is 0 Å². The molecule has 0 saturated heterocycles. The molecule has 0 fully saturated rings. The van der Waals surface area contributed by atoms with Gasteiger partial charge in [-0.15, -0.1) is 0 Å². The molecule has 0 spiro atoms. The maximum atomic E-state index is 11.8. The first-order chi connectivity index (χ1) is 11.2. The summed E-state index contributed by atoms with van der Waals surface area (Å²) in [5, 5.41) is 0. The van der Waals surface area contributed by atoms with Crippen molar-refractivity contribution in [2.75, 3.05) is 0 Å². The molecule has 122 valence electrons. The zero-order chi connectivity index (χ0) is 16.5. The smallest absolute Gasteiger partial charge is 0.336 e. The summed E-state index contributed by atoms with van der Waals surface area (Å²) in [6, 6.07) is 10.3. The number of carbonyl (C=O) groups is 2. The molecular weight excluding hydrogens is 290 g/mol. The molecule has 1 aliphatic rings. The molecule has 1 aromatic carbocycles. The van der Waals surface area contributed by atoms with Crippen LogP contribution in [-0.4, -0.2) is 11.9 Å². The van der Waals surface area contributed by atoms with Gasteiger partial charge in [0.1, 0.15) is 0 Å². The van der Waals surface area contributed by atoms with Crippen molar-refractivity contribution in [2.45, 2.75) is 39.0 Å². The van der Waals surface area contributed by atoms with E-state index in [1.165, 1.54) is 17.2 Å². The molecule has 1 N–H and O–H groups in total. The van der Waals surface area contributed by atoms with Crippen LogP contribution in [0.3, 0.4) is 0 Å².